The number of aromatic amines is 1. The van der Waals surface area contributed by atoms with Gasteiger partial charge in [-0.1, -0.05) is 5.16 Å². The highest BCUT2D eigenvalue weighted by molar-refractivity contribution is 7.89. The average Bonchev–Trinajstić information content (AvgIpc) is 3.06. The first-order chi connectivity index (χ1) is 12.5. The first-order valence-electron chi connectivity index (χ1n) is 8.31. The Morgan fingerprint density at radius 1 is 1.22 bits per heavy atom. The van der Waals surface area contributed by atoms with Gasteiger partial charge < -0.3 is 14.2 Å². The molecule has 27 heavy (non-hydrogen) atoms. The fourth-order valence-electron chi connectivity index (χ4n) is 2.94. The van der Waals surface area contributed by atoms with Crippen LogP contribution in [0.4, 0.5) is 0 Å². The van der Waals surface area contributed by atoms with Gasteiger partial charge in [-0.3, -0.25) is 4.79 Å². The maximum absolute atomic E-state index is 12.8. The molecule has 2 heterocycles. The van der Waals surface area contributed by atoms with E-state index in [1.807, 2.05) is 0 Å². The average molecular weight is 397 g/mol. The molecule has 0 spiro atoms. The first kappa shape index (κ1) is 20.8. The van der Waals surface area contributed by atoms with Crippen LogP contribution < -0.4 is 0 Å². The Morgan fingerprint density at radius 2 is 1.85 bits per heavy atom. The van der Waals surface area contributed by atoms with Crippen molar-refractivity contribution >= 4 is 21.8 Å². The summed E-state index contributed by atoms with van der Waals surface area (Å²) in [5.41, 5.74) is 1.60. The summed E-state index contributed by atoms with van der Waals surface area (Å²) in [5, 5.41) is 3.65. The van der Waals surface area contributed by atoms with Crippen LogP contribution in [-0.4, -0.2) is 54.8 Å². The highest BCUT2D eigenvalue weighted by Gasteiger charge is 2.31. The maximum Gasteiger partial charge on any atom is 0.355 e. The molecule has 0 unspecified atom stereocenters. The summed E-state index contributed by atoms with van der Waals surface area (Å²) in [4.78, 5) is 27.5. The third kappa shape index (κ3) is 3.81. The molecule has 0 aliphatic heterocycles. The number of esters is 1. The van der Waals surface area contributed by atoms with Gasteiger partial charge in [-0.25, -0.2) is 13.2 Å². The molecule has 0 amide bonds. The van der Waals surface area contributed by atoms with Crippen LogP contribution in [0.2, 0.25) is 0 Å². The summed E-state index contributed by atoms with van der Waals surface area (Å²) < 4.78 is 36.3. The minimum Gasteiger partial charge on any atom is -0.461 e. The van der Waals surface area contributed by atoms with Crippen LogP contribution in [0, 0.1) is 27.7 Å². The second kappa shape index (κ2) is 7.65. The van der Waals surface area contributed by atoms with E-state index in [9.17, 15) is 18.0 Å². The van der Waals surface area contributed by atoms with Gasteiger partial charge in [0.2, 0.25) is 10.0 Å². The van der Waals surface area contributed by atoms with Gasteiger partial charge in [0.05, 0.1) is 13.2 Å². The molecule has 9 nitrogen and oxygen atoms in total. The molecule has 0 bridgehead atoms. The van der Waals surface area contributed by atoms with E-state index in [0.717, 1.165) is 4.31 Å². The number of hydrogen-bond donors (Lipinski definition) is 1. The Morgan fingerprint density at radius 3 is 2.37 bits per heavy atom. The number of ketones is 1. The monoisotopic (exact) mass is 397 g/mol. The number of H-pyrrole nitrogens is 1. The van der Waals surface area contributed by atoms with E-state index in [2.05, 4.69) is 10.1 Å². The summed E-state index contributed by atoms with van der Waals surface area (Å²) in [6, 6.07) is 0. The molecule has 0 radical (unpaired) electrons. The minimum absolute atomic E-state index is 0.0486. The van der Waals surface area contributed by atoms with Gasteiger partial charge in [-0.2, -0.15) is 4.31 Å². The summed E-state index contributed by atoms with van der Waals surface area (Å²) in [6.45, 7) is 7.77. The lowest BCUT2D eigenvalue weighted by Crippen LogP contribution is -2.33. The fourth-order valence-corrected chi connectivity index (χ4v) is 4.35. The molecular weight excluding hydrogens is 374 g/mol. The molecule has 0 atom stereocenters. The zero-order valence-corrected chi connectivity index (χ0v) is 17.0. The number of rotatable bonds is 7. The van der Waals surface area contributed by atoms with Gasteiger partial charge in [0, 0.05) is 18.3 Å². The lowest BCUT2D eigenvalue weighted by molar-refractivity contribution is 0.0519. The molecule has 2 aromatic rings. The van der Waals surface area contributed by atoms with Crippen molar-refractivity contribution in [2.45, 2.75) is 39.5 Å². The summed E-state index contributed by atoms with van der Waals surface area (Å²) >= 11 is 0. The number of aryl methyl sites for hydroxylation is 3. The van der Waals surface area contributed by atoms with Gasteiger partial charge in [0.1, 0.15) is 16.3 Å². The van der Waals surface area contributed by atoms with Gasteiger partial charge in [-0.15, -0.1) is 0 Å². The largest absolute Gasteiger partial charge is 0.461 e. The zero-order valence-electron chi connectivity index (χ0n) is 16.2. The zero-order chi connectivity index (χ0) is 20.5. The smallest absolute Gasteiger partial charge is 0.355 e. The molecule has 0 fully saturated rings. The molecule has 2 aromatic heterocycles. The Balaban J connectivity index is 2.31. The van der Waals surface area contributed by atoms with Crippen molar-refractivity contribution in [2.24, 2.45) is 0 Å². The molecular formula is C17H23N3O6S. The molecule has 0 saturated heterocycles. The second-order valence-corrected chi connectivity index (χ2v) is 8.16. The van der Waals surface area contributed by atoms with Crippen molar-refractivity contribution in [3.63, 3.8) is 0 Å². The van der Waals surface area contributed by atoms with Gasteiger partial charge in [-0.05, 0) is 40.2 Å². The van der Waals surface area contributed by atoms with Crippen molar-refractivity contribution in [1.82, 2.24) is 14.4 Å². The number of aromatic nitrogens is 2. The molecule has 0 aliphatic rings. The van der Waals surface area contributed by atoms with Crippen LogP contribution in [0.5, 0.6) is 0 Å². The minimum atomic E-state index is -3.95. The third-order valence-corrected chi connectivity index (χ3v) is 6.25. The van der Waals surface area contributed by atoms with Crippen molar-refractivity contribution in [3.05, 3.63) is 34.0 Å². The van der Waals surface area contributed by atoms with Crippen molar-refractivity contribution < 1.29 is 27.3 Å². The molecule has 1 N–H and O–H groups in total. The Bertz CT molecular complexity index is 967. The summed E-state index contributed by atoms with van der Waals surface area (Å²) in [7, 11) is -2.64. The quantitative estimate of drug-likeness (QED) is 0.559. The van der Waals surface area contributed by atoms with Crippen LogP contribution in [0.3, 0.4) is 0 Å². The van der Waals surface area contributed by atoms with Gasteiger partial charge in [0.15, 0.2) is 11.5 Å². The van der Waals surface area contributed by atoms with E-state index < -0.39 is 28.3 Å². The number of carbonyl (C=O) groups is 2. The highest BCUT2D eigenvalue weighted by Crippen LogP contribution is 2.24. The van der Waals surface area contributed by atoms with Gasteiger partial charge in [0.25, 0.3) is 0 Å². The predicted octanol–water partition coefficient (Wildman–Crippen LogP) is 1.92. The van der Waals surface area contributed by atoms with Crippen molar-refractivity contribution in [1.29, 1.82) is 0 Å². The van der Waals surface area contributed by atoms with E-state index in [4.69, 9.17) is 9.26 Å². The van der Waals surface area contributed by atoms with Crippen LogP contribution in [-0.2, 0) is 14.8 Å². The third-order valence-electron chi connectivity index (χ3n) is 4.20. The number of ether oxygens (including phenoxy) is 1. The van der Waals surface area contributed by atoms with E-state index in [1.54, 1.807) is 20.8 Å². The lowest BCUT2D eigenvalue weighted by atomic mass is 10.1. The van der Waals surface area contributed by atoms with E-state index in [1.165, 1.54) is 20.9 Å². The maximum atomic E-state index is 12.8. The van der Waals surface area contributed by atoms with Gasteiger partial charge >= 0.3 is 5.97 Å². The van der Waals surface area contributed by atoms with Crippen LogP contribution >= 0.6 is 0 Å². The number of hydrogen-bond acceptors (Lipinski definition) is 7. The summed E-state index contributed by atoms with van der Waals surface area (Å²) in [5.74, 6) is -0.839. The number of nitrogens with one attached hydrogen (secondary N) is 1. The predicted molar refractivity (Wildman–Crippen MR) is 96.3 cm³/mol. The lowest BCUT2D eigenvalue weighted by Gasteiger charge is -2.16. The molecule has 2 rings (SSSR count). The molecule has 10 heteroatoms. The number of Topliss-reactive ketones (excluding diaryl/α,β-unsaturated/α-hetero) is 1. The standard InChI is InChI=1S/C17H23N3O6S/c1-7-25-17(22)15-9(2)14(10(3)18-15)13(21)8-20(6)27(23,24)16-11(4)19-26-12(16)5/h18H,7-8H2,1-6H3. The molecule has 0 saturated carbocycles. The number of nitrogens with zero attached hydrogens (tertiary/aromatic N) is 2. The van der Waals surface area contributed by atoms with Crippen LogP contribution in [0.25, 0.3) is 0 Å². The SMILES string of the molecule is CCOC(=O)c1[nH]c(C)c(C(=O)CN(C)S(=O)(=O)c2c(C)noc2C)c1C. The highest BCUT2D eigenvalue weighted by atomic mass is 32.2. The Labute approximate surface area is 157 Å². The molecule has 0 aromatic carbocycles. The topological polar surface area (TPSA) is 123 Å². The second-order valence-electron chi connectivity index (χ2n) is 6.18. The van der Waals surface area contributed by atoms with E-state index >= 15 is 0 Å². The Kier molecular flexibility index (Phi) is 5.91. The van der Waals surface area contributed by atoms with E-state index in [-0.39, 0.29) is 34.2 Å². The van der Waals surface area contributed by atoms with Crippen molar-refractivity contribution in [2.75, 3.05) is 20.2 Å². The first-order valence-corrected chi connectivity index (χ1v) is 9.75. The van der Waals surface area contributed by atoms with Crippen molar-refractivity contribution in [3.8, 4) is 0 Å². The number of carbonyl (C=O) groups excluding carboxylic acids is 2. The number of sulfonamides is 1. The number of likely N-dealkylation sites (N-methyl/N-ethyl adjacent to an activating group) is 1. The van der Waals surface area contributed by atoms with E-state index in [0.29, 0.717) is 11.3 Å². The van der Waals surface area contributed by atoms with Crippen LogP contribution in [0.15, 0.2) is 9.42 Å². The normalized spacial score (nSPS) is 11.8. The fraction of sp³-hybridized carbons (Fsp3) is 0.471. The summed E-state index contributed by atoms with van der Waals surface area (Å²) in [6.07, 6.45) is 0. The molecule has 0 aliphatic carbocycles. The Hall–Kier alpha value is -2.46. The molecule has 148 valence electrons. The van der Waals surface area contributed by atoms with Crippen LogP contribution in [0.1, 0.15) is 50.5 Å².